The Balaban J connectivity index is 2.10. The zero-order valence-corrected chi connectivity index (χ0v) is 14.0. The van der Waals surface area contributed by atoms with Crippen molar-refractivity contribution in [3.05, 3.63) is 52.9 Å². The van der Waals surface area contributed by atoms with Crippen molar-refractivity contribution in [2.75, 3.05) is 5.32 Å². The minimum atomic E-state index is -0.678. The normalized spacial score (nSPS) is 12.0. The Labute approximate surface area is 140 Å². The van der Waals surface area contributed by atoms with Crippen molar-refractivity contribution in [2.24, 2.45) is 5.92 Å². The lowest BCUT2D eigenvalue weighted by Gasteiger charge is -2.21. The van der Waals surface area contributed by atoms with Gasteiger partial charge < -0.3 is 15.1 Å². The zero-order valence-electron chi connectivity index (χ0n) is 13.2. The number of aryl methyl sites for hydroxylation is 1. The van der Waals surface area contributed by atoms with E-state index in [9.17, 15) is 9.59 Å². The van der Waals surface area contributed by atoms with E-state index >= 15 is 0 Å². The third kappa shape index (κ3) is 4.36. The van der Waals surface area contributed by atoms with Gasteiger partial charge in [-0.1, -0.05) is 25.4 Å². The molecule has 2 amide bonds. The summed E-state index contributed by atoms with van der Waals surface area (Å²) >= 11 is 5.91. The lowest BCUT2D eigenvalue weighted by Crippen LogP contribution is -2.47. The first-order valence-electron chi connectivity index (χ1n) is 7.30. The van der Waals surface area contributed by atoms with E-state index in [4.69, 9.17) is 16.0 Å². The van der Waals surface area contributed by atoms with Crippen LogP contribution in [0.2, 0.25) is 5.02 Å². The van der Waals surface area contributed by atoms with Gasteiger partial charge in [-0.25, -0.2) is 0 Å². The fourth-order valence-electron chi connectivity index (χ4n) is 2.13. The van der Waals surface area contributed by atoms with Crippen molar-refractivity contribution >= 4 is 29.1 Å². The maximum absolute atomic E-state index is 12.5. The lowest BCUT2D eigenvalue weighted by molar-refractivity contribution is -0.118. The molecule has 2 rings (SSSR count). The van der Waals surface area contributed by atoms with Crippen LogP contribution in [0.1, 0.15) is 30.0 Å². The van der Waals surface area contributed by atoms with E-state index in [0.717, 1.165) is 5.56 Å². The van der Waals surface area contributed by atoms with Gasteiger partial charge in [0.25, 0.3) is 5.91 Å². The highest BCUT2D eigenvalue weighted by Crippen LogP contribution is 2.20. The quantitative estimate of drug-likeness (QED) is 0.877. The number of halogens is 1. The van der Waals surface area contributed by atoms with Crippen molar-refractivity contribution in [3.8, 4) is 0 Å². The van der Waals surface area contributed by atoms with Gasteiger partial charge in [0.1, 0.15) is 6.04 Å². The molecule has 1 aromatic carbocycles. The topological polar surface area (TPSA) is 71.3 Å². The first kappa shape index (κ1) is 17.1. The summed E-state index contributed by atoms with van der Waals surface area (Å²) in [5.74, 6) is -0.616. The van der Waals surface area contributed by atoms with E-state index in [2.05, 4.69) is 10.6 Å². The molecule has 6 heteroatoms. The summed E-state index contributed by atoms with van der Waals surface area (Å²) in [5, 5.41) is 6.13. The second-order valence-electron chi connectivity index (χ2n) is 5.62. The Morgan fingerprint density at radius 3 is 2.52 bits per heavy atom. The number of carbonyl (C=O) groups is 2. The molecule has 1 atom stereocenters. The molecule has 1 heterocycles. The first-order valence-corrected chi connectivity index (χ1v) is 7.67. The average Bonchev–Trinajstić information content (AvgIpc) is 3.01. The van der Waals surface area contributed by atoms with Crippen LogP contribution in [-0.4, -0.2) is 17.9 Å². The van der Waals surface area contributed by atoms with Crippen LogP contribution in [0.3, 0.4) is 0 Å². The maximum atomic E-state index is 12.5. The van der Waals surface area contributed by atoms with Crippen molar-refractivity contribution in [3.63, 3.8) is 0 Å². The molecule has 5 nitrogen and oxygen atoms in total. The Morgan fingerprint density at radius 2 is 1.96 bits per heavy atom. The molecule has 0 aliphatic heterocycles. The Kier molecular flexibility index (Phi) is 5.45. The van der Waals surface area contributed by atoms with Crippen molar-refractivity contribution in [1.29, 1.82) is 0 Å². The van der Waals surface area contributed by atoms with Crippen LogP contribution in [0.5, 0.6) is 0 Å². The Hall–Kier alpha value is -2.27. The summed E-state index contributed by atoms with van der Waals surface area (Å²) in [6, 6.07) is 7.70. The molecule has 0 saturated heterocycles. The second-order valence-corrected chi connectivity index (χ2v) is 6.06. The lowest BCUT2D eigenvalue weighted by atomic mass is 10.0. The van der Waals surface area contributed by atoms with Gasteiger partial charge in [0.05, 0.1) is 6.26 Å². The molecular weight excluding hydrogens is 316 g/mol. The largest absolute Gasteiger partial charge is 0.459 e. The highest BCUT2D eigenvalue weighted by molar-refractivity contribution is 6.30. The molecule has 0 aliphatic rings. The predicted octanol–water partition coefficient (Wildman–Crippen LogP) is 3.63. The second kappa shape index (κ2) is 7.33. The number of hydrogen-bond donors (Lipinski definition) is 2. The third-order valence-electron chi connectivity index (χ3n) is 3.43. The molecule has 0 fully saturated rings. The van der Waals surface area contributed by atoms with Crippen LogP contribution in [-0.2, 0) is 4.79 Å². The molecule has 0 bridgehead atoms. The van der Waals surface area contributed by atoms with E-state index in [1.165, 1.54) is 6.26 Å². The summed E-state index contributed by atoms with van der Waals surface area (Å²) in [4.78, 5) is 24.6. The van der Waals surface area contributed by atoms with Gasteiger partial charge in [-0.2, -0.15) is 0 Å². The fraction of sp³-hybridized carbons (Fsp3) is 0.294. The summed E-state index contributed by atoms with van der Waals surface area (Å²) in [5.41, 5.74) is 1.52. The van der Waals surface area contributed by atoms with Gasteiger partial charge in [0.2, 0.25) is 5.91 Å². The van der Waals surface area contributed by atoms with E-state index in [0.29, 0.717) is 10.7 Å². The predicted molar refractivity (Wildman–Crippen MR) is 89.6 cm³/mol. The zero-order chi connectivity index (χ0) is 17.0. The summed E-state index contributed by atoms with van der Waals surface area (Å²) in [6.45, 7) is 5.58. The third-order valence-corrected chi connectivity index (χ3v) is 3.66. The van der Waals surface area contributed by atoms with Gasteiger partial charge in [0, 0.05) is 10.7 Å². The SMILES string of the molecule is Cc1cc(Cl)ccc1NC(=O)[C@@H](NC(=O)c1ccco1)C(C)C. The standard InChI is InChI=1S/C17H19ClN2O3/c1-10(2)15(20-16(21)14-5-4-8-23-14)17(22)19-13-7-6-12(18)9-11(13)3/h4-10,15H,1-3H3,(H,19,22)(H,20,21)/t15-/m0/s1. The molecule has 0 spiro atoms. The van der Waals surface area contributed by atoms with Crippen LogP contribution in [0, 0.1) is 12.8 Å². The minimum absolute atomic E-state index is 0.0819. The Bertz CT molecular complexity index is 696. The molecule has 0 radical (unpaired) electrons. The molecule has 23 heavy (non-hydrogen) atoms. The van der Waals surface area contributed by atoms with Crippen molar-refractivity contribution in [2.45, 2.75) is 26.8 Å². The number of amides is 2. The molecular formula is C17H19ClN2O3. The van der Waals surface area contributed by atoms with Gasteiger partial charge >= 0.3 is 0 Å². The van der Waals surface area contributed by atoms with Gasteiger partial charge in [-0.05, 0) is 48.7 Å². The van der Waals surface area contributed by atoms with Crippen LogP contribution in [0.15, 0.2) is 41.0 Å². The number of rotatable bonds is 5. The first-order chi connectivity index (χ1) is 10.9. The molecule has 2 aromatic rings. The monoisotopic (exact) mass is 334 g/mol. The van der Waals surface area contributed by atoms with E-state index < -0.39 is 11.9 Å². The van der Waals surface area contributed by atoms with Crippen LogP contribution in [0.4, 0.5) is 5.69 Å². The molecule has 1 aromatic heterocycles. The summed E-state index contributed by atoms with van der Waals surface area (Å²) in [6.07, 6.45) is 1.41. The molecule has 2 N–H and O–H groups in total. The number of furan rings is 1. The molecule has 0 unspecified atom stereocenters. The van der Waals surface area contributed by atoms with Crippen molar-refractivity contribution in [1.82, 2.24) is 5.32 Å². The van der Waals surface area contributed by atoms with E-state index in [-0.39, 0.29) is 17.6 Å². The van der Waals surface area contributed by atoms with E-state index in [1.807, 2.05) is 20.8 Å². The molecule has 0 saturated carbocycles. The van der Waals surface area contributed by atoms with Gasteiger partial charge in [-0.3, -0.25) is 9.59 Å². The number of hydrogen-bond acceptors (Lipinski definition) is 3. The van der Waals surface area contributed by atoms with E-state index in [1.54, 1.807) is 30.3 Å². The summed E-state index contributed by atoms with van der Waals surface area (Å²) in [7, 11) is 0. The smallest absolute Gasteiger partial charge is 0.287 e. The van der Waals surface area contributed by atoms with Crippen molar-refractivity contribution < 1.29 is 14.0 Å². The number of carbonyl (C=O) groups excluding carboxylic acids is 2. The molecule has 0 aliphatic carbocycles. The average molecular weight is 335 g/mol. The van der Waals surface area contributed by atoms with Crippen LogP contribution < -0.4 is 10.6 Å². The maximum Gasteiger partial charge on any atom is 0.287 e. The van der Waals surface area contributed by atoms with Crippen LogP contribution >= 0.6 is 11.6 Å². The highest BCUT2D eigenvalue weighted by atomic mass is 35.5. The van der Waals surface area contributed by atoms with Gasteiger partial charge in [0.15, 0.2) is 5.76 Å². The minimum Gasteiger partial charge on any atom is -0.459 e. The highest BCUT2D eigenvalue weighted by Gasteiger charge is 2.26. The molecule has 122 valence electrons. The summed E-state index contributed by atoms with van der Waals surface area (Å²) < 4.78 is 5.05. The number of anilines is 1. The van der Waals surface area contributed by atoms with Gasteiger partial charge in [-0.15, -0.1) is 0 Å². The fourth-order valence-corrected chi connectivity index (χ4v) is 2.36. The number of benzene rings is 1. The van der Waals surface area contributed by atoms with Crippen LogP contribution in [0.25, 0.3) is 0 Å². The number of nitrogens with one attached hydrogen (secondary N) is 2. The Morgan fingerprint density at radius 1 is 1.22 bits per heavy atom.